The van der Waals surface area contributed by atoms with E-state index in [0.717, 1.165) is 24.2 Å². The van der Waals surface area contributed by atoms with Crippen molar-refractivity contribution in [2.45, 2.75) is 32.1 Å². The van der Waals surface area contributed by atoms with Crippen molar-refractivity contribution in [3.8, 4) is 27.9 Å². The van der Waals surface area contributed by atoms with Crippen LogP contribution in [0.2, 0.25) is 0 Å². The van der Waals surface area contributed by atoms with E-state index in [1.54, 1.807) is 5.57 Å². The van der Waals surface area contributed by atoms with E-state index in [1.807, 2.05) is 11.3 Å². The fraction of sp³-hybridized carbons (Fsp3) is 0.0877. The molecular formula is C57H42N2S. The molecule has 2 aliphatic rings. The van der Waals surface area contributed by atoms with Gasteiger partial charge in [0, 0.05) is 48.7 Å². The first-order chi connectivity index (χ1) is 29.5. The van der Waals surface area contributed by atoms with Crippen LogP contribution in [0.5, 0.6) is 0 Å². The Balaban J connectivity index is 1.02. The summed E-state index contributed by atoms with van der Waals surface area (Å²) in [6, 6.07) is 67.2. The average Bonchev–Trinajstić information content (AvgIpc) is 3.93. The summed E-state index contributed by atoms with van der Waals surface area (Å²) in [4.78, 5) is 2.46. The normalized spacial score (nSPS) is 14.4. The number of thiophene rings is 1. The molecule has 0 N–H and O–H groups in total. The Bertz CT molecular complexity index is 3360. The SMILES string of the molecule is CC1(C)C2=C(C=CCC2)c2ccc(-c3ccc(N(c4ccc(-c5ccccc5)cc4)c4cccc5c4sc4c5ccc5c4c4ccccc4n5-c4ccccc4)cc3)cc21. The van der Waals surface area contributed by atoms with Gasteiger partial charge in [-0.3, -0.25) is 0 Å². The number of benzene rings is 8. The van der Waals surface area contributed by atoms with Gasteiger partial charge in [-0.15, -0.1) is 11.3 Å². The summed E-state index contributed by atoms with van der Waals surface area (Å²) < 4.78 is 5.02. The second-order valence-corrected chi connectivity index (χ2v) is 17.8. The van der Waals surface area contributed by atoms with Gasteiger partial charge in [-0.05, 0) is 112 Å². The monoisotopic (exact) mass is 786 g/mol. The summed E-state index contributed by atoms with van der Waals surface area (Å²) in [5, 5.41) is 5.16. The van der Waals surface area contributed by atoms with Crippen LogP contribution in [0.25, 0.3) is 75.5 Å². The van der Waals surface area contributed by atoms with E-state index in [2.05, 4.69) is 217 Å². The molecule has 8 aromatic carbocycles. The molecule has 2 nitrogen and oxygen atoms in total. The Kier molecular flexibility index (Phi) is 7.92. The lowest BCUT2D eigenvalue weighted by Gasteiger charge is -2.27. The van der Waals surface area contributed by atoms with Crippen LogP contribution in [-0.4, -0.2) is 4.57 Å². The molecule has 0 unspecified atom stereocenters. The minimum atomic E-state index is 0.0407. The third-order valence-corrected chi connectivity index (χ3v) is 14.4. The van der Waals surface area contributed by atoms with Gasteiger partial charge in [0.2, 0.25) is 0 Å². The fourth-order valence-electron chi connectivity index (χ4n) is 10.2. The first kappa shape index (κ1) is 35.0. The van der Waals surface area contributed by atoms with Crippen LogP contribution in [-0.2, 0) is 5.41 Å². The molecule has 0 saturated heterocycles. The number of rotatable bonds is 6. The average molecular weight is 787 g/mol. The highest BCUT2D eigenvalue weighted by Gasteiger charge is 2.37. The zero-order chi connectivity index (χ0) is 40.0. The van der Waals surface area contributed by atoms with E-state index in [0.29, 0.717) is 0 Å². The van der Waals surface area contributed by atoms with Crippen molar-refractivity contribution >= 4 is 76.0 Å². The highest BCUT2D eigenvalue weighted by Crippen LogP contribution is 2.52. The van der Waals surface area contributed by atoms with Gasteiger partial charge in [0.25, 0.3) is 0 Å². The molecular weight excluding hydrogens is 745 g/mol. The molecule has 10 aromatic rings. The standard InChI is InChI=1S/C57H42N2S/c1-57(2)49-21-11-9-18-44(49)45-33-28-40(36-50(45)57)39-26-31-43(32-27-39)58(42-29-24-38(25-30-42)37-14-5-3-6-15-37)53-23-13-20-46-47-34-35-52-54(56(47)60-55(46)53)48-19-10-12-22-51(48)59(52)41-16-7-4-8-17-41/h3-10,12-20,22-36H,11,21H2,1-2H3. The number of hydrogen-bond acceptors (Lipinski definition) is 2. The molecule has 3 heteroatoms. The molecule has 2 heterocycles. The van der Waals surface area contributed by atoms with Gasteiger partial charge in [-0.2, -0.15) is 0 Å². The summed E-state index contributed by atoms with van der Waals surface area (Å²) >= 11 is 1.91. The number of hydrogen-bond donors (Lipinski definition) is 0. The predicted molar refractivity (Wildman–Crippen MR) is 258 cm³/mol. The summed E-state index contributed by atoms with van der Waals surface area (Å²) in [6.07, 6.45) is 6.97. The van der Waals surface area contributed by atoms with Crippen LogP contribution >= 0.6 is 11.3 Å². The number of fused-ring (bicyclic) bond motifs is 9. The van der Waals surface area contributed by atoms with Gasteiger partial charge in [-0.25, -0.2) is 0 Å². The van der Waals surface area contributed by atoms with Crippen LogP contribution in [0.4, 0.5) is 17.1 Å². The smallest absolute Gasteiger partial charge is 0.0640 e. The number of nitrogens with zero attached hydrogens (tertiary/aromatic N) is 2. The quantitative estimate of drug-likeness (QED) is 0.163. The molecule has 60 heavy (non-hydrogen) atoms. The lowest BCUT2D eigenvalue weighted by molar-refractivity contribution is 0.607. The van der Waals surface area contributed by atoms with Gasteiger partial charge in [-0.1, -0.05) is 153 Å². The van der Waals surface area contributed by atoms with Crippen molar-refractivity contribution in [2.24, 2.45) is 0 Å². The molecule has 12 rings (SSSR count). The van der Waals surface area contributed by atoms with E-state index in [4.69, 9.17) is 0 Å². The minimum absolute atomic E-state index is 0.0407. The van der Waals surface area contributed by atoms with Crippen molar-refractivity contribution < 1.29 is 0 Å². The van der Waals surface area contributed by atoms with Crippen LogP contribution < -0.4 is 4.90 Å². The predicted octanol–water partition coefficient (Wildman–Crippen LogP) is 16.4. The molecule has 0 aliphatic heterocycles. The molecule has 2 aromatic heterocycles. The number of para-hydroxylation sites is 2. The topological polar surface area (TPSA) is 8.17 Å². The zero-order valence-corrected chi connectivity index (χ0v) is 34.5. The zero-order valence-electron chi connectivity index (χ0n) is 33.7. The van der Waals surface area contributed by atoms with Crippen molar-refractivity contribution in [2.75, 3.05) is 4.90 Å². The fourth-order valence-corrected chi connectivity index (χ4v) is 11.6. The van der Waals surface area contributed by atoms with Gasteiger partial charge < -0.3 is 9.47 Å². The minimum Gasteiger partial charge on any atom is -0.309 e. The molecule has 0 bridgehead atoms. The van der Waals surface area contributed by atoms with Crippen LogP contribution in [0.15, 0.2) is 200 Å². The first-order valence-corrected chi connectivity index (χ1v) is 21.9. The van der Waals surface area contributed by atoms with E-state index in [-0.39, 0.29) is 5.41 Å². The summed E-state index contributed by atoms with van der Waals surface area (Å²) in [6.45, 7) is 4.81. The van der Waals surface area contributed by atoms with Crippen LogP contribution in [0.3, 0.4) is 0 Å². The number of aromatic nitrogens is 1. The van der Waals surface area contributed by atoms with Crippen LogP contribution in [0, 0.1) is 0 Å². The largest absolute Gasteiger partial charge is 0.309 e. The van der Waals surface area contributed by atoms with Crippen molar-refractivity contribution in [3.05, 3.63) is 211 Å². The second kappa shape index (κ2) is 13.6. The lowest BCUT2D eigenvalue weighted by Crippen LogP contribution is -2.17. The van der Waals surface area contributed by atoms with E-state index >= 15 is 0 Å². The maximum Gasteiger partial charge on any atom is 0.0640 e. The maximum absolute atomic E-state index is 2.46. The Morgan fingerprint density at radius 1 is 0.533 bits per heavy atom. The van der Waals surface area contributed by atoms with E-state index < -0.39 is 0 Å². The highest BCUT2D eigenvalue weighted by molar-refractivity contribution is 7.27. The molecule has 0 saturated carbocycles. The van der Waals surface area contributed by atoms with Crippen LogP contribution in [0.1, 0.15) is 37.8 Å². The molecule has 0 atom stereocenters. The van der Waals surface area contributed by atoms with E-state index in [1.165, 1.54) is 92.3 Å². The Morgan fingerprint density at radius 2 is 1.17 bits per heavy atom. The lowest BCUT2D eigenvalue weighted by atomic mass is 9.78. The Labute approximate surface area is 354 Å². The molecule has 0 amide bonds. The van der Waals surface area contributed by atoms with Gasteiger partial charge in [0.05, 0.1) is 21.4 Å². The first-order valence-electron chi connectivity index (χ1n) is 21.1. The van der Waals surface area contributed by atoms with E-state index in [9.17, 15) is 0 Å². The van der Waals surface area contributed by atoms with Gasteiger partial charge in [0.15, 0.2) is 0 Å². The molecule has 0 radical (unpaired) electrons. The third kappa shape index (κ3) is 5.32. The van der Waals surface area contributed by atoms with Crippen molar-refractivity contribution in [1.82, 2.24) is 4.57 Å². The molecule has 0 fully saturated rings. The summed E-state index contributed by atoms with van der Waals surface area (Å²) in [7, 11) is 0. The summed E-state index contributed by atoms with van der Waals surface area (Å²) in [5.41, 5.74) is 17.9. The number of anilines is 3. The van der Waals surface area contributed by atoms with Gasteiger partial charge in [0.1, 0.15) is 0 Å². The third-order valence-electron chi connectivity index (χ3n) is 13.1. The molecule has 2 aliphatic carbocycles. The summed E-state index contributed by atoms with van der Waals surface area (Å²) in [5.74, 6) is 0. The number of allylic oxidation sites excluding steroid dienone is 4. The van der Waals surface area contributed by atoms with Crippen molar-refractivity contribution in [3.63, 3.8) is 0 Å². The van der Waals surface area contributed by atoms with Gasteiger partial charge >= 0.3 is 0 Å². The molecule has 286 valence electrons. The molecule has 0 spiro atoms. The highest BCUT2D eigenvalue weighted by atomic mass is 32.1. The second-order valence-electron chi connectivity index (χ2n) is 16.8. The Hall–Kier alpha value is -6.94. The maximum atomic E-state index is 2.46. The van der Waals surface area contributed by atoms with Crippen molar-refractivity contribution in [1.29, 1.82) is 0 Å². The Morgan fingerprint density at radius 3 is 1.93 bits per heavy atom.